The Labute approximate surface area is 87.8 Å². The zero-order valence-electron chi connectivity index (χ0n) is 8.40. The van der Waals surface area contributed by atoms with Gasteiger partial charge in [-0.15, -0.1) is 0 Å². The Bertz CT molecular complexity index is 392. The molecule has 3 N–H and O–H groups in total. The third-order valence-corrected chi connectivity index (χ3v) is 2.92. The fourth-order valence-corrected chi connectivity index (χ4v) is 2.16. The second-order valence-corrected chi connectivity index (χ2v) is 3.94. The van der Waals surface area contributed by atoms with Crippen molar-refractivity contribution in [1.82, 2.24) is 0 Å². The quantitative estimate of drug-likeness (QED) is 0.608. The molecule has 0 saturated heterocycles. The summed E-state index contributed by atoms with van der Waals surface area (Å²) in [6.07, 6.45) is -0.385. The molecule has 0 radical (unpaired) electrons. The summed E-state index contributed by atoms with van der Waals surface area (Å²) in [5.41, 5.74) is 2.14. The fraction of sp³-hybridized carbons (Fsp3) is 0.455. The molecule has 2 aliphatic heterocycles. The van der Waals surface area contributed by atoms with Crippen LogP contribution in [0.15, 0.2) is 12.1 Å². The van der Waals surface area contributed by atoms with Gasteiger partial charge in [-0.3, -0.25) is 0 Å². The van der Waals surface area contributed by atoms with Gasteiger partial charge in [-0.1, -0.05) is 0 Å². The Balaban J connectivity index is 2.08. The molecule has 1 atom stereocenters. The van der Waals surface area contributed by atoms with E-state index in [4.69, 9.17) is 9.47 Å². The predicted octanol–water partition coefficient (Wildman–Crippen LogP) is -0.432. The van der Waals surface area contributed by atoms with E-state index >= 15 is 0 Å². The van der Waals surface area contributed by atoms with Crippen LogP contribution in [0.5, 0.6) is 11.5 Å². The van der Waals surface area contributed by atoms with Crippen LogP contribution in [0.4, 0.5) is 0 Å². The maximum Gasteiger partial charge on any atom is 0.161 e. The van der Waals surface area contributed by atoms with E-state index in [1.807, 2.05) is 12.1 Å². The molecule has 1 aromatic carbocycles. The Morgan fingerprint density at radius 1 is 1.20 bits per heavy atom. The molecule has 0 aliphatic carbocycles. The van der Waals surface area contributed by atoms with E-state index in [0.29, 0.717) is 13.2 Å². The molecule has 4 heteroatoms. The summed E-state index contributed by atoms with van der Waals surface area (Å²) >= 11 is 0. The second-order valence-electron chi connectivity index (χ2n) is 3.94. The van der Waals surface area contributed by atoms with Crippen molar-refractivity contribution in [3.63, 3.8) is 0 Å². The van der Waals surface area contributed by atoms with E-state index in [1.165, 1.54) is 0 Å². The third kappa shape index (κ3) is 1.46. The highest BCUT2D eigenvalue weighted by Crippen LogP contribution is 2.35. The first-order chi connectivity index (χ1) is 7.34. The molecule has 80 valence electrons. The van der Waals surface area contributed by atoms with Crippen LogP contribution in [-0.4, -0.2) is 24.9 Å². The number of fused-ring (bicyclic) bond motifs is 2. The predicted molar refractivity (Wildman–Crippen MR) is 52.9 cm³/mol. The zero-order chi connectivity index (χ0) is 10.3. The summed E-state index contributed by atoms with van der Waals surface area (Å²) in [5, 5.41) is 11.9. The molecule has 0 spiro atoms. The lowest BCUT2D eigenvalue weighted by atomic mass is 9.98. The molecule has 0 amide bonds. The van der Waals surface area contributed by atoms with Crippen LogP contribution in [0, 0.1) is 0 Å². The van der Waals surface area contributed by atoms with Crippen molar-refractivity contribution in [2.75, 3.05) is 19.8 Å². The minimum atomic E-state index is -0.385. The SMILES string of the molecule is O[C@H]1C[NH2+]Cc2cc3c(cc21)OCCO3. The minimum Gasteiger partial charge on any atom is -0.486 e. The first-order valence-electron chi connectivity index (χ1n) is 5.27. The molecule has 3 rings (SSSR count). The lowest BCUT2D eigenvalue weighted by molar-refractivity contribution is -0.681. The third-order valence-electron chi connectivity index (χ3n) is 2.92. The topological polar surface area (TPSA) is 55.3 Å². The average molecular weight is 208 g/mol. The second kappa shape index (κ2) is 3.40. The van der Waals surface area contributed by atoms with E-state index < -0.39 is 0 Å². The van der Waals surface area contributed by atoms with Crippen LogP contribution in [0.1, 0.15) is 17.2 Å². The number of aliphatic hydroxyl groups is 1. The highest BCUT2D eigenvalue weighted by molar-refractivity contribution is 5.49. The lowest BCUT2D eigenvalue weighted by Crippen LogP contribution is -2.85. The van der Waals surface area contributed by atoms with Crippen molar-refractivity contribution in [2.45, 2.75) is 12.6 Å². The largest absolute Gasteiger partial charge is 0.486 e. The van der Waals surface area contributed by atoms with Crippen molar-refractivity contribution < 1.29 is 19.9 Å². The number of hydrogen-bond donors (Lipinski definition) is 2. The Morgan fingerprint density at radius 3 is 2.73 bits per heavy atom. The average Bonchev–Trinajstić information content (AvgIpc) is 2.27. The van der Waals surface area contributed by atoms with Crippen LogP contribution >= 0.6 is 0 Å². The van der Waals surface area contributed by atoms with Gasteiger partial charge in [-0.25, -0.2) is 0 Å². The van der Waals surface area contributed by atoms with Gasteiger partial charge in [0.05, 0.1) is 0 Å². The monoisotopic (exact) mass is 208 g/mol. The standard InChI is InChI=1S/C11H13NO3/c13-9-6-12-5-7-3-10-11(4-8(7)9)15-2-1-14-10/h3-4,9,12-13H,1-2,5-6H2/p+1/t9-/m0/s1. The first kappa shape index (κ1) is 9.00. The molecule has 2 heterocycles. The van der Waals surface area contributed by atoms with E-state index in [0.717, 1.165) is 35.7 Å². The summed E-state index contributed by atoms with van der Waals surface area (Å²) in [6, 6.07) is 3.91. The lowest BCUT2D eigenvalue weighted by Gasteiger charge is -2.24. The molecule has 0 fully saturated rings. The number of benzene rings is 1. The van der Waals surface area contributed by atoms with Gasteiger partial charge in [-0.2, -0.15) is 0 Å². The number of aliphatic hydroxyl groups excluding tert-OH is 1. The molecular formula is C11H14NO3+. The van der Waals surface area contributed by atoms with Crippen molar-refractivity contribution in [3.8, 4) is 11.5 Å². The summed E-state index contributed by atoms with van der Waals surface area (Å²) < 4.78 is 11.0. The maximum atomic E-state index is 9.84. The maximum absolute atomic E-state index is 9.84. The summed E-state index contributed by atoms with van der Waals surface area (Å²) in [4.78, 5) is 0. The molecule has 4 nitrogen and oxygen atoms in total. The molecule has 0 saturated carbocycles. The van der Waals surface area contributed by atoms with Gasteiger partial charge in [-0.05, 0) is 17.7 Å². The molecule has 1 aromatic rings. The fourth-order valence-electron chi connectivity index (χ4n) is 2.16. The number of ether oxygens (including phenoxy) is 2. The van der Waals surface area contributed by atoms with Gasteiger partial charge in [0.1, 0.15) is 32.4 Å². The van der Waals surface area contributed by atoms with E-state index in [2.05, 4.69) is 5.32 Å². The van der Waals surface area contributed by atoms with Crippen LogP contribution in [0.3, 0.4) is 0 Å². The molecule has 2 aliphatic rings. The molecule has 15 heavy (non-hydrogen) atoms. The minimum absolute atomic E-state index is 0.385. The number of nitrogens with two attached hydrogens (primary N) is 1. The Hall–Kier alpha value is -1.26. The van der Waals surface area contributed by atoms with Gasteiger partial charge in [0.15, 0.2) is 11.5 Å². The zero-order valence-corrected chi connectivity index (χ0v) is 8.40. The van der Waals surface area contributed by atoms with Crippen LogP contribution < -0.4 is 14.8 Å². The summed E-state index contributed by atoms with van der Waals surface area (Å²) in [5.74, 6) is 1.57. The number of rotatable bonds is 0. The van der Waals surface area contributed by atoms with E-state index in [9.17, 15) is 5.11 Å². The molecule has 0 aromatic heterocycles. The van der Waals surface area contributed by atoms with Gasteiger partial charge in [0.2, 0.25) is 0 Å². The van der Waals surface area contributed by atoms with Crippen molar-refractivity contribution in [2.24, 2.45) is 0 Å². The highest BCUT2D eigenvalue weighted by Gasteiger charge is 2.24. The number of hydrogen-bond acceptors (Lipinski definition) is 3. The number of quaternary nitrogens is 1. The van der Waals surface area contributed by atoms with Gasteiger partial charge in [0, 0.05) is 5.56 Å². The summed E-state index contributed by atoms with van der Waals surface area (Å²) in [6.45, 7) is 2.84. The molecule has 0 unspecified atom stereocenters. The van der Waals surface area contributed by atoms with Crippen LogP contribution in [-0.2, 0) is 6.54 Å². The van der Waals surface area contributed by atoms with Gasteiger partial charge in [0.25, 0.3) is 0 Å². The van der Waals surface area contributed by atoms with Crippen molar-refractivity contribution >= 4 is 0 Å². The smallest absolute Gasteiger partial charge is 0.161 e. The van der Waals surface area contributed by atoms with Crippen LogP contribution in [0.25, 0.3) is 0 Å². The molecule has 0 bridgehead atoms. The van der Waals surface area contributed by atoms with Gasteiger partial charge < -0.3 is 19.9 Å². The first-order valence-corrected chi connectivity index (χ1v) is 5.27. The van der Waals surface area contributed by atoms with E-state index in [-0.39, 0.29) is 6.10 Å². The van der Waals surface area contributed by atoms with Crippen LogP contribution in [0.2, 0.25) is 0 Å². The van der Waals surface area contributed by atoms with Crippen molar-refractivity contribution in [3.05, 3.63) is 23.3 Å². The summed E-state index contributed by atoms with van der Waals surface area (Å²) in [7, 11) is 0. The van der Waals surface area contributed by atoms with E-state index in [1.54, 1.807) is 0 Å². The molecular weight excluding hydrogens is 194 g/mol. The normalized spacial score (nSPS) is 23.4. The van der Waals surface area contributed by atoms with Crippen molar-refractivity contribution in [1.29, 1.82) is 0 Å². The Morgan fingerprint density at radius 2 is 1.93 bits per heavy atom. The Kier molecular flexibility index (Phi) is 2.04. The van der Waals surface area contributed by atoms with Gasteiger partial charge >= 0.3 is 0 Å². The highest BCUT2D eigenvalue weighted by atomic mass is 16.6.